The molecule has 2 aromatic carbocycles. The van der Waals surface area contributed by atoms with E-state index in [9.17, 15) is 0 Å². The van der Waals surface area contributed by atoms with E-state index < -0.39 is 0 Å². The molecule has 0 saturated heterocycles. The van der Waals surface area contributed by atoms with Crippen molar-refractivity contribution in [2.24, 2.45) is 10.1 Å². The number of hydrazone groups is 1. The fourth-order valence-corrected chi connectivity index (χ4v) is 2.26. The Morgan fingerprint density at radius 2 is 1.67 bits per heavy atom. The summed E-state index contributed by atoms with van der Waals surface area (Å²) in [5, 5.41) is 4.28. The first-order valence-corrected chi connectivity index (χ1v) is 8.20. The Balaban J connectivity index is 1.83. The number of benzene rings is 2. The quantitative estimate of drug-likeness (QED) is 0.411. The van der Waals surface area contributed by atoms with Crippen molar-refractivity contribution in [2.75, 3.05) is 0 Å². The molecule has 118 valence electrons. The summed E-state index contributed by atoms with van der Waals surface area (Å²) in [5.74, 6) is 0.593. The second kappa shape index (κ2) is 8.17. The molecule has 3 rings (SSSR count). The van der Waals surface area contributed by atoms with Crippen LogP contribution in [0.3, 0.4) is 0 Å². The van der Waals surface area contributed by atoms with Crippen LogP contribution in [0.1, 0.15) is 11.3 Å². The lowest BCUT2D eigenvalue weighted by Gasteiger charge is -2.05. The SMILES string of the molecule is Brc1ccc(/C=N/NC(=Nc2ccccc2)c2ccccn2)cc1. The Kier molecular flexibility index (Phi) is 5.48. The minimum Gasteiger partial charge on any atom is -0.260 e. The van der Waals surface area contributed by atoms with Gasteiger partial charge in [0.1, 0.15) is 5.69 Å². The van der Waals surface area contributed by atoms with Gasteiger partial charge in [-0.2, -0.15) is 5.10 Å². The lowest BCUT2D eigenvalue weighted by Crippen LogP contribution is -2.20. The molecule has 0 radical (unpaired) electrons. The van der Waals surface area contributed by atoms with Gasteiger partial charge in [-0.25, -0.2) is 4.99 Å². The molecule has 0 spiro atoms. The number of hydrogen-bond donors (Lipinski definition) is 1. The van der Waals surface area contributed by atoms with Gasteiger partial charge in [0.25, 0.3) is 0 Å². The van der Waals surface area contributed by atoms with Crippen LogP contribution in [0.15, 0.2) is 93.6 Å². The van der Waals surface area contributed by atoms with E-state index in [1.165, 1.54) is 0 Å². The summed E-state index contributed by atoms with van der Waals surface area (Å²) < 4.78 is 1.03. The van der Waals surface area contributed by atoms with E-state index >= 15 is 0 Å². The van der Waals surface area contributed by atoms with E-state index in [1.54, 1.807) is 12.4 Å². The molecule has 3 aromatic rings. The maximum Gasteiger partial charge on any atom is 0.172 e. The molecular weight excluding hydrogens is 364 g/mol. The highest BCUT2D eigenvalue weighted by Crippen LogP contribution is 2.12. The third-order valence-corrected chi connectivity index (χ3v) is 3.69. The topological polar surface area (TPSA) is 49.6 Å². The maximum absolute atomic E-state index is 4.60. The molecule has 0 aliphatic carbocycles. The number of nitrogens with zero attached hydrogens (tertiary/aromatic N) is 3. The molecule has 5 heteroatoms. The van der Waals surface area contributed by atoms with Gasteiger partial charge in [-0.05, 0) is 42.0 Å². The molecule has 0 aliphatic rings. The van der Waals surface area contributed by atoms with Gasteiger partial charge < -0.3 is 0 Å². The summed E-state index contributed by atoms with van der Waals surface area (Å²) in [6.07, 6.45) is 3.48. The summed E-state index contributed by atoms with van der Waals surface area (Å²) in [4.78, 5) is 8.94. The molecule has 0 aliphatic heterocycles. The summed E-state index contributed by atoms with van der Waals surface area (Å²) in [7, 11) is 0. The minimum atomic E-state index is 0.593. The van der Waals surface area contributed by atoms with Crippen molar-refractivity contribution in [1.82, 2.24) is 10.4 Å². The molecule has 0 saturated carbocycles. The van der Waals surface area contributed by atoms with Crippen LogP contribution < -0.4 is 5.43 Å². The van der Waals surface area contributed by atoms with E-state index in [-0.39, 0.29) is 0 Å². The average molecular weight is 379 g/mol. The normalized spacial score (nSPS) is 11.6. The van der Waals surface area contributed by atoms with Crippen molar-refractivity contribution in [3.8, 4) is 0 Å². The third-order valence-electron chi connectivity index (χ3n) is 3.16. The van der Waals surface area contributed by atoms with Crippen LogP contribution >= 0.6 is 15.9 Å². The average Bonchev–Trinajstić information content (AvgIpc) is 2.64. The fourth-order valence-electron chi connectivity index (χ4n) is 1.99. The Hall–Kier alpha value is -2.79. The molecular formula is C19H15BrN4. The van der Waals surface area contributed by atoms with E-state index in [4.69, 9.17) is 0 Å². The summed E-state index contributed by atoms with van der Waals surface area (Å²) >= 11 is 3.42. The van der Waals surface area contributed by atoms with Gasteiger partial charge >= 0.3 is 0 Å². The van der Waals surface area contributed by atoms with Gasteiger partial charge in [0.05, 0.1) is 11.9 Å². The van der Waals surface area contributed by atoms with E-state index in [0.717, 1.165) is 21.4 Å². The fraction of sp³-hybridized carbons (Fsp3) is 0. The number of rotatable bonds is 4. The number of halogens is 1. The van der Waals surface area contributed by atoms with E-state index in [2.05, 4.69) is 36.4 Å². The van der Waals surface area contributed by atoms with Crippen molar-refractivity contribution >= 4 is 33.7 Å². The summed E-state index contributed by atoms with van der Waals surface area (Å²) in [5.41, 5.74) is 5.55. The molecule has 1 heterocycles. The van der Waals surface area contributed by atoms with E-state index in [0.29, 0.717) is 5.84 Å². The number of para-hydroxylation sites is 1. The van der Waals surface area contributed by atoms with E-state index in [1.807, 2.05) is 72.8 Å². The van der Waals surface area contributed by atoms with Crippen molar-refractivity contribution in [2.45, 2.75) is 0 Å². The molecule has 0 unspecified atom stereocenters. The van der Waals surface area contributed by atoms with Crippen LogP contribution in [0.5, 0.6) is 0 Å². The predicted molar refractivity (Wildman–Crippen MR) is 102 cm³/mol. The number of pyridine rings is 1. The van der Waals surface area contributed by atoms with Crippen LogP contribution in [-0.4, -0.2) is 17.0 Å². The highest BCUT2D eigenvalue weighted by Gasteiger charge is 2.03. The molecule has 0 amide bonds. The van der Waals surface area contributed by atoms with Crippen LogP contribution in [-0.2, 0) is 0 Å². The Morgan fingerprint density at radius 1 is 0.917 bits per heavy atom. The predicted octanol–water partition coefficient (Wildman–Crippen LogP) is 4.55. The number of nitrogens with one attached hydrogen (secondary N) is 1. The van der Waals surface area contributed by atoms with Gasteiger partial charge in [-0.3, -0.25) is 10.4 Å². The molecule has 0 bridgehead atoms. The Labute approximate surface area is 149 Å². The Bertz CT molecular complexity index is 828. The summed E-state index contributed by atoms with van der Waals surface area (Å²) in [6, 6.07) is 23.3. The highest BCUT2D eigenvalue weighted by atomic mass is 79.9. The van der Waals surface area contributed by atoms with Gasteiger partial charge in [0.2, 0.25) is 0 Å². The standard InChI is InChI=1S/C19H15BrN4/c20-16-11-9-15(10-12-16)14-22-24-19(18-8-4-5-13-21-18)23-17-6-2-1-3-7-17/h1-14H,(H,23,24)/b22-14+. The summed E-state index contributed by atoms with van der Waals surface area (Å²) in [6.45, 7) is 0. The zero-order chi connectivity index (χ0) is 16.6. The van der Waals surface area contributed by atoms with Crippen molar-refractivity contribution in [3.63, 3.8) is 0 Å². The van der Waals surface area contributed by atoms with Gasteiger partial charge in [-0.15, -0.1) is 0 Å². The second-order valence-corrected chi connectivity index (χ2v) is 5.85. The Morgan fingerprint density at radius 3 is 2.38 bits per heavy atom. The molecule has 1 N–H and O–H groups in total. The van der Waals surface area contributed by atoms with Crippen LogP contribution in [0.2, 0.25) is 0 Å². The van der Waals surface area contributed by atoms with Crippen molar-refractivity contribution in [1.29, 1.82) is 0 Å². The highest BCUT2D eigenvalue weighted by molar-refractivity contribution is 9.10. The van der Waals surface area contributed by atoms with Crippen molar-refractivity contribution in [3.05, 3.63) is 94.7 Å². The first kappa shape index (κ1) is 16.1. The lowest BCUT2D eigenvalue weighted by atomic mass is 10.2. The molecule has 0 atom stereocenters. The van der Waals surface area contributed by atoms with Crippen LogP contribution in [0.4, 0.5) is 5.69 Å². The third kappa shape index (κ3) is 4.60. The zero-order valence-corrected chi connectivity index (χ0v) is 14.4. The number of hydrogen-bond acceptors (Lipinski definition) is 3. The van der Waals surface area contributed by atoms with Gasteiger partial charge in [-0.1, -0.05) is 52.3 Å². The molecule has 0 fully saturated rings. The second-order valence-electron chi connectivity index (χ2n) is 4.93. The number of aliphatic imine (C=N–C) groups is 1. The first-order chi connectivity index (χ1) is 11.8. The van der Waals surface area contributed by atoms with Gasteiger partial charge in [0, 0.05) is 10.7 Å². The minimum absolute atomic E-state index is 0.593. The lowest BCUT2D eigenvalue weighted by molar-refractivity contribution is 1.02. The van der Waals surface area contributed by atoms with Crippen molar-refractivity contribution < 1.29 is 0 Å². The molecule has 4 nitrogen and oxygen atoms in total. The number of amidine groups is 1. The van der Waals surface area contributed by atoms with Crippen LogP contribution in [0, 0.1) is 0 Å². The van der Waals surface area contributed by atoms with Crippen LogP contribution in [0.25, 0.3) is 0 Å². The zero-order valence-electron chi connectivity index (χ0n) is 12.8. The van der Waals surface area contributed by atoms with Gasteiger partial charge in [0.15, 0.2) is 5.84 Å². The molecule has 1 aromatic heterocycles. The monoisotopic (exact) mass is 378 g/mol. The maximum atomic E-state index is 4.60. The largest absolute Gasteiger partial charge is 0.260 e. The number of aromatic nitrogens is 1. The smallest absolute Gasteiger partial charge is 0.172 e. The molecule has 24 heavy (non-hydrogen) atoms. The first-order valence-electron chi connectivity index (χ1n) is 7.41.